The maximum Gasteiger partial charge on any atom is 0.261 e. The molecule has 0 saturated carbocycles. The van der Waals surface area contributed by atoms with Crippen molar-refractivity contribution in [2.45, 2.75) is 6.92 Å². The lowest BCUT2D eigenvalue weighted by Gasteiger charge is -2.06. The summed E-state index contributed by atoms with van der Waals surface area (Å²) < 4.78 is 1.04. The van der Waals surface area contributed by atoms with E-state index >= 15 is 0 Å². The maximum atomic E-state index is 12.3. The van der Waals surface area contributed by atoms with Crippen molar-refractivity contribution in [3.05, 3.63) is 47.7 Å². The molecule has 0 radical (unpaired) electrons. The normalized spacial score (nSPS) is 10.6. The van der Waals surface area contributed by atoms with Gasteiger partial charge in [-0.05, 0) is 36.8 Å². The molecule has 0 bridgehead atoms. The van der Waals surface area contributed by atoms with E-state index in [-0.39, 0.29) is 5.91 Å². The van der Waals surface area contributed by atoms with E-state index in [9.17, 15) is 4.79 Å². The monoisotopic (exact) mass is 299 g/mol. The first kappa shape index (κ1) is 13.5. The molecule has 106 valence electrons. The summed E-state index contributed by atoms with van der Waals surface area (Å²) >= 11 is 1.43. The van der Waals surface area contributed by atoms with E-state index in [0.29, 0.717) is 16.5 Å². The summed E-state index contributed by atoms with van der Waals surface area (Å²) in [5, 5.41) is 3.32. The van der Waals surface area contributed by atoms with Crippen molar-refractivity contribution in [3.8, 4) is 0 Å². The zero-order valence-corrected chi connectivity index (χ0v) is 12.1. The minimum atomic E-state index is -0.299. The van der Waals surface area contributed by atoms with E-state index in [1.54, 1.807) is 18.3 Å². The van der Waals surface area contributed by atoms with E-state index in [1.165, 1.54) is 11.3 Å². The van der Waals surface area contributed by atoms with Gasteiger partial charge in [0.15, 0.2) is 10.9 Å². The minimum absolute atomic E-state index is 0.299. The molecule has 0 spiro atoms. The van der Waals surface area contributed by atoms with E-state index in [4.69, 9.17) is 5.84 Å². The van der Waals surface area contributed by atoms with Crippen molar-refractivity contribution >= 4 is 38.4 Å². The summed E-state index contributed by atoms with van der Waals surface area (Å²) in [6.07, 6.45) is 1.56. The van der Waals surface area contributed by atoms with Gasteiger partial charge in [-0.3, -0.25) is 10.1 Å². The van der Waals surface area contributed by atoms with E-state index < -0.39 is 0 Å². The third-order valence-corrected chi connectivity index (χ3v) is 3.89. The number of hydrogen-bond acceptors (Lipinski definition) is 6. The average molecular weight is 299 g/mol. The van der Waals surface area contributed by atoms with Gasteiger partial charge in [0, 0.05) is 6.20 Å². The Bertz CT molecular complexity index is 814. The fraction of sp³-hybridized carbons (Fsp3) is 0.0714. The van der Waals surface area contributed by atoms with Crippen LogP contribution in [-0.4, -0.2) is 15.9 Å². The molecule has 1 amide bonds. The number of benzene rings is 1. The molecule has 0 aliphatic heterocycles. The first-order valence-corrected chi connectivity index (χ1v) is 7.09. The second-order valence-electron chi connectivity index (χ2n) is 4.49. The van der Waals surface area contributed by atoms with Crippen molar-refractivity contribution in [3.63, 3.8) is 0 Å². The number of rotatable bonds is 3. The molecule has 1 aromatic carbocycles. The number of thiazole rings is 1. The largest absolute Gasteiger partial charge is 0.308 e. The smallest absolute Gasteiger partial charge is 0.261 e. The molecule has 7 heteroatoms. The number of hydrogen-bond donors (Lipinski definition) is 3. The summed E-state index contributed by atoms with van der Waals surface area (Å²) in [6, 6.07) is 9.30. The quantitative estimate of drug-likeness (QED) is 0.510. The fourth-order valence-electron chi connectivity index (χ4n) is 1.95. The van der Waals surface area contributed by atoms with Crippen LogP contribution < -0.4 is 16.6 Å². The Morgan fingerprint density at radius 3 is 3.00 bits per heavy atom. The van der Waals surface area contributed by atoms with Gasteiger partial charge in [-0.1, -0.05) is 17.4 Å². The zero-order valence-electron chi connectivity index (χ0n) is 11.3. The number of pyridine rings is 1. The lowest BCUT2D eigenvalue weighted by atomic mass is 10.2. The molecule has 3 rings (SSSR count). The molecule has 0 aliphatic rings. The van der Waals surface area contributed by atoms with Crippen LogP contribution in [0.1, 0.15) is 15.9 Å². The van der Waals surface area contributed by atoms with Crippen LogP contribution >= 0.6 is 11.3 Å². The molecule has 21 heavy (non-hydrogen) atoms. The lowest BCUT2D eigenvalue weighted by Crippen LogP contribution is -2.18. The number of nitrogens with zero attached hydrogens (tertiary/aromatic N) is 2. The first-order chi connectivity index (χ1) is 10.2. The highest BCUT2D eigenvalue weighted by molar-refractivity contribution is 7.22. The Hall–Kier alpha value is -2.51. The number of anilines is 2. The van der Waals surface area contributed by atoms with Gasteiger partial charge in [-0.2, -0.15) is 0 Å². The van der Waals surface area contributed by atoms with E-state index in [2.05, 4.69) is 20.7 Å². The van der Waals surface area contributed by atoms with Crippen LogP contribution in [0.25, 0.3) is 10.2 Å². The van der Waals surface area contributed by atoms with Gasteiger partial charge in [-0.15, -0.1) is 0 Å². The second kappa shape index (κ2) is 5.47. The molecule has 2 aromatic heterocycles. The number of aryl methyl sites for hydroxylation is 1. The van der Waals surface area contributed by atoms with Gasteiger partial charge in [0.25, 0.3) is 5.91 Å². The van der Waals surface area contributed by atoms with Crippen LogP contribution in [0.4, 0.5) is 10.9 Å². The van der Waals surface area contributed by atoms with Crippen LogP contribution in [0.3, 0.4) is 0 Å². The Morgan fingerprint density at radius 2 is 2.19 bits per heavy atom. The van der Waals surface area contributed by atoms with Crippen LogP contribution in [-0.2, 0) is 0 Å². The first-order valence-electron chi connectivity index (χ1n) is 6.27. The number of carbonyl (C=O) groups is 1. The van der Waals surface area contributed by atoms with Gasteiger partial charge < -0.3 is 5.43 Å². The Kier molecular flexibility index (Phi) is 3.51. The second-order valence-corrected chi connectivity index (χ2v) is 5.52. The molecular weight excluding hydrogens is 286 g/mol. The highest BCUT2D eigenvalue weighted by atomic mass is 32.1. The molecule has 2 heterocycles. The van der Waals surface area contributed by atoms with Crippen LogP contribution in [0.5, 0.6) is 0 Å². The predicted molar refractivity (Wildman–Crippen MR) is 84.4 cm³/mol. The Balaban J connectivity index is 1.89. The molecule has 0 saturated heterocycles. The third kappa shape index (κ3) is 2.69. The van der Waals surface area contributed by atoms with E-state index in [1.807, 2.05) is 25.1 Å². The van der Waals surface area contributed by atoms with E-state index in [0.717, 1.165) is 15.8 Å². The number of nitrogens with one attached hydrogen (secondary N) is 2. The van der Waals surface area contributed by atoms with Crippen molar-refractivity contribution in [2.24, 2.45) is 5.84 Å². The SMILES string of the molecule is Cc1ccc2nc(NC(=O)c3cccnc3NN)sc2c1. The number of hydrazine groups is 1. The lowest BCUT2D eigenvalue weighted by molar-refractivity contribution is 0.102. The number of nitrogens with two attached hydrogens (primary N) is 1. The maximum absolute atomic E-state index is 12.3. The number of amides is 1. The van der Waals surface area contributed by atoms with Crippen molar-refractivity contribution < 1.29 is 4.79 Å². The topological polar surface area (TPSA) is 92.9 Å². The summed E-state index contributed by atoms with van der Waals surface area (Å²) in [6.45, 7) is 2.02. The number of carbonyl (C=O) groups excluding carboxylic acids is 1. The molecule has 0 aliphatic carbocycles. The fourth-order valence-corrected chi connectivity index (χ4v) is 2.91. The molecule has 3 aromatic rings. The van der Waals surface area contributed by atoms with Crippen LogP contribution in [0, 0.1) is 6.92 Å². The Labute approximate surface area is 125 Å². The highest BCUT2D eigenvalue weighted by Crippen LogP contribution is 2.27. The predicted octanol–water partition coefficient (Wildman–Crippen LogP) is 2.54. The zero-order chi connectivity index (χ0) is 14.8. The van der Waals surface area contributed by atoms with Crippen molar-refractivity contribution in [2.75, 3.05) is 10.7 Å². The molecular formula is C14H13N5OS. The van der Waals surface area contributed by atoms with Gasteiger partial charge in [-0.25, -0.2) is 15.8 Å². The van der Waals surface area contributed by atoms with Crippen molar-refractivity contribution in [1.29, 1.82) is 0 Å². The standard InChI is InChI=1S/C14H13N5OS/c1-8-4-5-10-11(7-8)21-14(17-10)18-13(20)9-3-2-6-16-12(9)19-15/h2-7H,15H2,1H3,(H,16,19)(H,17,18,20). The molecule has 0 fully saturated rings. The van der Waals surface area contributed by atoms with Crippen LogP contribution in [0.2, 0.25) is 0 Å². The van der Waals surface area contributed by atoms with Crippen LogP contribution in [0.15, 0.2) is 36.5 Å². The third-order valence-electron chi connectivity index (χ3n) is 2.95. The number of aromatic nitrogens is 2. The number of fused-ring (bicyclic) bond motifs is 1. The summed E-state index contributed by atoms with van der Waals surface area (Å²) in [5.74, 6) is 5.38. The molecule has 0 unspecified atom stereocenters. The highest BCUT2D eigenvalue weighted by Gasteiger charge is 2.14. The van der Waals surface area contributed by atoms with Gasteiger partial charge in [0.2, 0.25) is 0 Å². The van der Waals surface area contributed by atoms with Gasteiger partial charge in [0.05, 0.1) is 15.8 Å². The minimum Gasteiger partial charge on any atom is -0.308 e. The summed E-state index contributed by atoms with van der Waals surface area (Å²) in [4.78, 5) is 20.6. The van der Waals surface area contributed by atoms with Crippen molar-refractivity contribution in [1.82, 2.24) is 9.97 Å². The summed E-state index contributed by atoms with van der Waals surface area (Å²) in [5.41, 5.74) is 4.80. The Morgan fingerprint density at radius 1 is 1.33 bits per heavy atom. The average Bonchev–Trinajstić information content (AvgIpc) is 2.88. The molecule has 0 atom stereocenters. The molecule has 6 nitrogen and oxygen atoms in total. The number of nitrogen functional groups attached to an aromatic ring is 1. The van der Waals surface area contributed by atoms with Gasteiger partial charge >= 0.3 is 0 Å². The molecule has 4 N–H and O–H groups in total. The van der Waals surface area contributed by atoms with Gasteiger partial charge in [0.1, 0.15) is 0 Å². The summed E-state index contributed by atoms with van der Waals surface area (Å²) in [7, 11) is 0.